The molecule has 0 spiro atoms. The van der Waals surface area contributed by atoms with Crippen molar-refractivity contribution in [3.05, 3.63) is 70.3 Å². The van der Waals surface area contributed by atoms with Crippen LogP contribution in [-0.4, -0.2) is 52.2 Å². The third-order valence-electron chi connectivity index (χ3n) is 5.08. The third kappa shape index (κ3) is 8.45. The first kappa shape index (κ1) is 25.7. The van der Waals surface area contributed by atoms with Crippen LogP contribution >= 0.6 is 0 Å². The molecule has 172 valence electrons. The summed E-state index contributed by atoms with van der Waals surface area (Å²) in [5.74, 6) is 1.67. The maximum atomic E-state index is 6.13. The normalized spacial score (nSPS) is 16.8. The second-order valence-electron chi connectivity index (χ2n) is 7.27. The van der Waals surface area contributed by atoms with Crippen LogP contribution in [0.5, 0.6) is 11.5 Å². The van der Waals surface area contributed by atoms with Gasteiger partial charge in [0.05, 0.1) is 12.7 Å². The van der Waals surface area contributed by atoms with Crippen molar-refractivity contribution >= 4 is 0 Å². The van der Waals surface area contributed by atoms with E-state index in [1.807, 2.05) is 48.5 Å². The molecule has 2 aromatic rings. The third-order valence-corrected chi connectivity index (χ3v) is 5.08. The van der Waals surface area contributed by atoms with Gasteiger partial charge in [-0.25, -0.2) is 0 Å². The summed E-state index contributed by atoms with van der Waals surface area (Å²) in [5.41, 5.74) is 2.14. The molecule has 6 nitrogen and oxygen atoms in total. The van der Waals surface area contributed by atoms with Crippen LogP contribution in [0.2, 0.25) is 0 Å². The van der Waals surface area contributed by atoms with Crippen LogP contribution in [0.15, 0.2) is 48.5 Å². The zero-order valence-corrected chi connectivity index (χ0v) is 19.4. The van der Waals surface area contributed by atoms with Crippen LogP contribution in [0.3, 0.4) is 0 Å². The average molecular weight is 468 g/mol. The van der Waals surface area contributed by atoms with Crippen molar-refractivity contribution < 1.29 is 36.0 Å². The molecular formula is C24H32FeN2O4-2. The van der Waals surface area contributed by atoms with E-state index in [-0.39, 0.29) is 29.3 Å². The molecular weight excluding hydrogens is 436 g/mol. The van der Waals surface area contributed by atoms with Gasteiger partial charge in [-0.05, 0) is 29.7 Å². The van der Waals surface area contributed by atoms with Crippen LogP contribution in [0.4, 0.5) is 0 Å². The fraction of sp³-hybridized carbons (Fsp3) is 0.500. The molecule has 0 saturated carbocycles. The Balaban J connectivity index is 0.00000341. The van der Waals surface area contributed by atoms with Crippen LogP contribution in [-0.2, 0) is 39.6 Å². The van der Waals surface area contributed by atoms with Crippen molar-refractivity contribution in [2.24, 2.45) is 0 Å². The van der Waals surface area contributed by atoms with Gasteiger partial charge >= 0.3 is 0 Å². The van der Waals surface area contributed by atoms with E-state index in [2.05, 4.69) is 17.6 Å². The molecule has 7 heteroatoms. The van der Waals surface area contributed by atoms with Crippen LogP contribution in [0.25, 0.3) is 10.6 Å². The van der Waals surface area contributed by atoms with Gasteiger partial charge in [-0.3, -0.25) is 0 Å². The first-order chi connectivity index (χ1) is 14.8. The monoisotopic (exact) mass is 468 g/mol. The molecule has 0 amide bonds. The Bertz CT molecular complexity index is 702. The predicted molar refractivity (Wildman–Crippen MR) is 119 cm³/mol. The molecule has 0 aliphatic carbocycles. The molecule has 1 aliphatic rings. The topological polar surface area (TPSA) is 65.1 Å². The fourth-order valence-corrected chi connectivity index (χ4v) is 3.20. The minimum atomic E-state index is -0.227. The molecule has 2 aromatic carbocycles. The van der Waals surface area contributed by atoms with Gasteiger partial charge in [0.15, 0.2) is 0 Å². The summed E-state index contributed by atoms with van der Waals surface area (Å²) in [4.78, 5) is 0. The van der Waals surface area contributed by atoms with Gasteiger partial charge in [0.1, 0.15) is 30.8 Å². The number of fused-ring (bicyclic) bond motifs is 2. The first-order valence-corrected chi connectivity index (χ1v) is 10.6. The minimum Gasteiger partial charge on any atom is -0.660 e. The van der Waals surface area contributed by atoms with E-state index in [1.165, 1.54) is 0 Å². The van der Waals surface area contributed by atoms with Gasteiger partial charge in [0.25, 0.3) is 0 Å². The molecule has 0 N–H and O–H groups in total. The van der Waals surface area contributed by atoms with Crippen molar-refractivity contribution in [3.8, 4) is 11.5 Å². The fourth-order valence-electron chi connectivity index (χ4n) is 3.20. The van der Waals surface area contributed by atoms with Gasteiger partial charge in [0, 0.05) is 24.2 Å². The Hall–Kier alpha value is -1.60. The van der Waals surface area contributed by atoms with Crippen molar-refractivity contribution in [1.82, 2.24) is 0 Å². The standard InChI is InChI=1S/C24H32N2O4.Fe/c1-3-21(27-2)16-28-22-17-29-23-10-6-4-8-19(23)14-25-12-13-26-15-20-9-5-7-11-24(20)30-18-22;/h4-11,21-22H,3,12-18H2,1-2H3;/q-2;. The van der Waals surface area contributed by atoms with E-state index < -0.39 is 0 Å². The maximum absolute atomic E-state index is 6.13. The number of para-hydroxylation sites is 2. The Morgan fingerprint density at radius 3 is 1.90 bits per heavy atom. The smallest absolute Gasteiger partial charge is 0.125 e. The number of hydrogen-bond donors (Lipinski definition) is 0. The Morgan fingerprint density at radius 1 is 0.903 bits per heavy atom. The Labute approximate surface area is 196 Å². The summed E-state index contributed by atoms with van der Waals surface area (Å²) >= 11 is 0. The summed E-state index contributed by atoms with van der Waals surface area (Å²) in [6.07, 6.45) is 0.715. The molecule has 1 heterocycles. The maximum Gasteiger partial charge on any atom is 0.125 e. The molecule has 0 radical (unpaired) electrons. The van der Waals surface area contributed by atoms with Crippen molar-refractivity contribution in [1.29, 1.82) is 0 Å². The van der Waals surface area contributed by atoms with E-state index in [0.717, 1.165) is 29.0 Å². The van der Waals surface area contributed by atoms with Crippen molar-refractivity contribution in [3.63, 3.8) is 0 Å². The van der Waals surface area contributed by atoms with Gasteiger partial charge in [0.2, 0.25) is 0 Å². The van der Waals surface area contributed by atoms with Crippen LogP contribution in [0, 0.1) is 0 Å². The molecule has 0 saturated heterocycles. The average Bonchev–Trinajstić information content (AvgIpc) is 2.79. The van der Waals surface area contributed by atoms with E-state index >= 15 is 0 Å². The summed E-state index contributed by atoms with van der Waals surface area (Å²) in [7, 11) is 1.71. The number of rotatable bonds is 5. The SMILES string of the molecule is CCC(COC1COc2ccccc2C[N-]CC[N-]Cc2ccccc2OC1)OC.[Fe]. The van der Waals surface area contributed by atoms with Crippen LogP contribution in [0.1, 0.15) is 24.5 Å². The molecule has 3 rings (SSSR count). The van der Waals surface area contributed by atoms with Crippen molar-refractivity contribution in [2.75, 3.05) is 40.0 Å². The second-order valence-corrected chi connectivity index (χ2v) is 7.27. The van der Waals surface area contributed by atoms with E-state index in [9.17, 15) is 0 Å². The summed E-state index contributed by atoms with van der Waals surface area (Å²) < 4.78 is 23.8. The van der Waals surface area contributed by atoms with E-state index in [1.54, 1.807) is 7.11 Å². The van der Waals surface area contributed by atoms with Gasteiger partial charge in [-0.1, -0.05) is 43.3 Å². The molecule has 1 atom stereocenters. The first-order valence-electron chi connectivity index (χ1n) is 10.6. The number of methoxy groups -OCH3 is 1. The second kappa shape index (κ2) is 14.5. The summed E-state index contributed by atoms with van der Waals surface area (Å²) in [6.45, 7) is 5.99. The number of benzene rings is 2. The Kier molecular flexibility index (Phi) is 12.0. The quantitative estimate of drug-likeness (QED) is 0.597. The van der Waals surface area contributed by atoms with Crippen LogP contribution < -0.4 is 9.47 Å². The molecule has 0 bridgehead atoms. The number of hydrogen-bond acceptors (Lipinski definition) is 4. The predicted octanol–water partition coefficient (Wildman–Crippen LogP) is 4.71. The number of ether oxygens (including phenoxy) is 4. The van der Waals surface area contributed by atoms with E-state index in [4.69, 9.17) is 18.9 Å². The zero-order valence-electron chi connectivity index (χ0n) is 18.3. The van der Waals surface area contributed by atoms with Gasteiger partial charge < -0.3 is 29.6 Å². The molecule has 31 heavy (non-hydrogen) atoms. The summed E-state index contributed by atoms with van der Waals surface area (Å²) in [5, 5.41) is 9.26. The molecule has 1 unspecified atom stereocenters. The zero-order chi connectivity index (χ0) is 21.0. The van der Waals surface area contributed by atoms with Gasteiger partial charge in [-0.15, -0.1) is 13.1 Å². The Morgan fingerprint density at radius 2 is 1.42 bits per heavy atom. The van der Waals surface area contributed by atoms with E-state index in [0.29, 0.717) is 46.0 Å². The van der Waals surface area contributed by atoms with Crippen molar-refractivity contribution in [2.45, 2.75) is 38.6 Å². The number of nitrogens with zero attached hydrogens (tertiary/aromatic N) is 2. The minimum absolute atomic E-state index is 0. The largest absolute Gasteiger partial charge is 0.660 e. The van der Waals surface area contributed by atoms with Gasteiger partial charge in [-0.2, -0.15) is 13.1 Å². The molecule has 0 fully saturated rings. The summed E-state index contributed by atoms with van der Waals surface area (Å²) in [6, 6.07) is 16.0. The molecule has 0 aromatic heterocycles. The molecule has 1 aliphatic heterocycles.